The third-order valence-corrected chi connectivity index (χ3v) is 2.98. The molecule has 1 heterocycles. The van der Waals surface area contributed by atoms with Gasteiger partial charge in [-0.15, -0.1) is 0 Å². The number of rotatable bonds is 5. The molecule has 100 valence electrons. The number of hydrogen-bond acceptors (Lipinski definition) is 4. The Hall–Kier alpha value is -1.53. The van der Waals surface area contributed by atoms with Gasteiger partial charge in [-0.2, -0.15) is 0 Å². The van der Waals surface area contributed by atoms with Gasteiger partial charge in [-0.05, 0) is 34.6 Å². The summed E-state index contributed by atoms with van der Waals surface area (Å²) in [6.45, 7) is 3.48. The number of benzene rings is 1. The fraction of sp³-hybridized carbons (Fsp3) is 0.231. The number of nitrogens with one attached hydrogen (secondary N) is 1. The third kappa shape index (κ3) is 3.97. The standard InChI is InChI=1S/C13H13BrFN3O/c1-2-16-6-10-7-17-8-13(18-10)19-12-5-9(15)3-4-11(12)14/h3-5,7-8,16H,2,6H2,1H3. The highest BCUT2D eigenvalue weighted by Gasteiger charge is 2.06. The van der Waals surface area contributed by atoms with E-state index in [1.165, 1.54) is 18.3 Å². The van der Waals surface area contributed by atoms with E-state index in [0.717, 1.165) is 12.2 Å². The summed E-state index contributed by atoms with van der Waals surface area (Å²) in [4.78, 5) is 8.34. The molecule has 0 aliphatic rings. The second-order valence-electron chi connectivity index (χ2n) is 3.81. The molecule has 1 N–H and O–H groups in total. The lowest BCUT2D eigenvalue weighted by Gasteiger charge is -2.08. The Kier molecular flexibility index (Phi) is 4.81. The second kappa shape index (κ2) is 6.58. The van der Waals surface area contributed by atoms with E-state index in [0.29, 0.717) is 22.6 Å². The Bertz CT molecular complexity index is 565. The highest BCUT2D eigenvalue weighted by atomic mass is 79.9. The molecule has 0 saturated heterocycles. The molecule has 0 unspecified atom stereocenters. The van der Waals surface area contributed by atoms with Crippen molar-refractivity contribution in [2.75, 3.05) is 6.54 Å². The number of aromatic nitrogens is 2. The summed E-state index contributed by atoms with van der Waals surface area (Å²) >= 11 is 3.30. The average molecular weight is 326 g/mol. The average Bonchev–Trinajstić information content (AvgIpc) is 2.41. The predicted octanol–water partition coefficient (Wildman–Crippen LogP) is 3.28. The van der Waals surface area contributed by atoms with Crippen LogP contribution in [0.5, 0.6) is 11.6 Å². The molecule has 2 rings (SSSR count). The van der Waals surface area contributed by atoms with E-state index in [2.05, 4.69) is 31.2 Å². The van der Waals surface area contributed by atoms with E-state index >= 15 is 0 Å². The molecule has 1 aromatic carbocycles. The molecular formula is C13H13BrFN3O. The van der Waals surface area contributed by atoms with Gasteiger partial charge in [0.05, 0.1) is 16.4 Å². The molecule has 0 fully saturated rings. The zero-order chi connectivity index (χ0) is 13.7. The first-order valence-corrected chi connectivity index (χ1v) is 6.63. The van der Waals surface area contributed by atoms with Crippen molar-refractivity contribution in [3.8, 4) is 11.6 Å². The van der Waals surface area contributed by atoms with Gasteiger partial charge in [0.1, 0.15) is 11.6 Å². The first-order valence-electron chi connectivity index (χ1n) is 5.83. The molecule has 0 aliphatic heterocycles. The van der Waals surface area contributed by atoms with Gasteiger partial charge >= 0.3 is 0 Å². The van der Waals surface area contributed by atoms with Crippen molar-refractivity contribution in [1.29, 1.82) is 0 Å². The lowest BCUT2D eigenvalue weighted by Crippen LogP contribution is -2.13. The molecule has 1 aromatic heterocycles. The van der Waals surface area contributed by atoms with Gasteiger partial charge in [0.2, 0.25) is 5.88 Å². The molecule has 0 spiro atoms. The van der Waals surface area contributed by atoms with Crippen molar-refractivity contribution in [2.24, 2.45) is 0 Å². The smallest absolute Gasteiger partial charge is 0.238 e. The van der Waals surface area contributed by atoms with Crippen molar-refractivity contribution in [3.63, 3.8) is 0 Å². The summed E-state index contributed by atoms with van der Waals surface area (Å²) in [5.74, 6) is 0.339. The number of nitrogens with zero attached hydrogens (tertiary/aromatic N) is 2. The minimum absolute atomic E-state index is 0.335. The summed E-state index contributed by atoms with van der Waals surface area (Å²) in [7, 11) is 0. The molecule has 0 aliphatic carbocycles. The van der Waals surface area contributed by atoms with Crippen LogP contribution in [0.1, 0.15) is 12.6 Å². The van der Waals surface area contributed by atoms with Crippen LogP contribution in [0.3, 0.4) is 0 Å². The molecule has 0 bridgehead atoms. The lowest BCUT2D eigenvalue weighted by atomic mass is 10.3. The van der Waals surface area contributed by atoms with Gasteiger partial charge in [0, 0.05) is 18.8 Å². The maximum Gasteiger partial charge on any atom is 0.238 e. The van der Waals surface area contributed by atoms with Crippen molar-refractivity contribution in [1.82, 2.24) is 15.3 Å². The van der Waals surface area contributed by atoms with E-state index < -0.39 is 0 Å². The predicted molar refractivity (Wildman–Crippen MR) is 73.6 cm³/mol. The zero-order valence-corrected chi connectivity index (χ0v) is 11.9. The van der Waals surface area contributed by atoms with Crippen molar-refractivity contribution < 1.29 is 9.13 Å². The Morgan fingerprint density at radius 3 is 3.00 bits per heavy atom. The van der Waals surface area contributed by atoms with Crippen molar-refractivity contribution in [2.45, 2.75) is 13.5 Å². The molecule has 0 radical (unpaired) electrons. The molecule has 0 amide bonds. The zero-order valence-electron chi connectivity index (χ0n) is 10.4. The molecule has 4 nitrogen and oxygen atoms in total. The van der Waals surface area contributed by atoms with Crippen LogP contribution in [0.4, 0.5) is 4.39 Å². The minimum Gasteiger partial charge on any atom is -0.436 e. The summed E-state index contributed by atoms with van der Waals surface area (Å²) in [5, 5.41) is 3.15. The van der Waals surface area contributed by atoms with Crippen LogP contribution in [0, 0.1) is 5.82 Å². The monoisotopic (exact) mass is 325 g/mol. The van der Waals surface area contributed by atoms with Crippen LogP contribution in [-0.4, -0.2) is 16.5 Å². The molecule has 0 saturated carbocycles. The van der Waals surface area contributed by atoms with E-state index in [9.17, 15) is 4.39 Å². The van der Waals surface area contributed by atoms with Crippen LogP contribution in [0.25, 0.3) is 0 Å². The van der Waals surface area contributed by atoms with E-state index in [1.807, 2.05) is 6.92 Å². The maximum atomic E-state index is 13.1. The Balaban J connectivity index is 2.16. The first kappa shape index (κ1) is 13.9. The molecular weight excluding hydrogens is 313 g/mol. The molecule has 19 heavy (non-hydrogen) atoms. The Morgan fingerprint density at radius 2 is 2.21 bits per heavy atom. The quantitative estimate of drug-likeness (QED) is 0.916. The Labute approximate surface area is 119 Å². The van der Waals surface area contributed by atoms with Gasteiger partial charge < -0.3 is 10.1 Å². The number of hydrogen-bond donors (Lipinski definition) is 1. The van der Waals surface area contributed by atoms with Crippen LogP contribution in [0.2, 0.25) is 0 Å². The van der Waals surface area contributed by atoms with E-state index in [-0.39, 0.29) is 5.82 Å². The molecule has 6 heteroatoms. The second-order valence-corrected chi connectivity index (χ2v) is 4.66. The van der Waals surface area contributed by atoms with Gasteiger partial charge in [0.25, 0.3) is 0 Å². The summed E-state index contributed by atoms with van der Waals surface area (Å²) in [6.07, 6.45) is 3.16. The van der Waals surface area contributed by atoms with E-state index in [4.69, 9.17) is 4.74 Å². The maximum absolute atomic E-state index is 13.1. The highest BCUT2D eigenvalue weighted by Crippen LogP contribution is 2.29. The van der Waals surface area contributed by atoms with Gasteiger partial charge in [-0.25, -0.2) is 9.37 Å². The van der Waals surface area contributed by atoms with Crippen molar-refractivity contribution >= 4 is 15.9 Å². The van der Waals surface area contributed by atoms with Gasteiger partial charge in [0.15, 0.2) is 0 Å². The minimum atomic E-state index is -0.366. The van der Waals surface area contributed by atoms with Crippen LogP contribution in [-0.2, 0) is 6.54 Å². The van der Waals surface area contributed by atoms with Crippen LogP contribution >= 0.6 is 15.9 Å². The third-order valence-electron chi connectivity index (χ3n) is 2.33. The largest absolute Gasteiger partial charge is 0.436 e. The Morgan fingerprint density at radius 1 is 1.37 bits per heavy atom. The van der Waals surface area contributed by atoms with Gasteiger partial charge in [-0.1, -0.05) is 6.92 Å². The molecule has 2 aromatic rings. The van der Waals surface area contributed by atoms with E-state index in [1.54, 1.807) is 12.3 Å². The normalized spacial score (nSPS) is 10.5. The first-order chi connectivity index (χ1) is 9.19. The van der Waals surface area contributed by atoms with Crippen LogP contribution < -0.4 is 10.1 Å². The summed E-state index contributed by atoms with van der Waals surface area (Å²) < 4.78 is 19.3. The topological polar surface area (TPSA) is 47.0 Å². The molecule has 0 atom stereocenters. The number of halogens is 2. The fourth-order valence-corrected chi connectivity index (χ4v) is 1.77. The van der Waals surface area contributed by atoms with Gasteiger partial charge in [-0.3, -0.25) is 4.98 Å². The van der Waals surface area contributed by atoms with Crippen molar-refractivity contribution in [3.05, 3.63) is 46.6 Å². The highest BCUT2D eigenvalue weighted by molar-refractivity contribution is 9.10. The summed E-state index contributed by atoms with van der Waals surface area (Å²) in [5.41, 5.74) is 0.770. The van der Waals surface area contributed by atoms with Crippen LogP contribution in [0.15, 0.2) is 35.1 Å². The number of ether oxygens (including phenoxy) is 1. The SMILES string of the molecule is CCNCc1cncc(Oc2cc(F)ccc2Br)n1. The fourth-order valence-electron chi connectivity index (χ4n) is 1.44. The lowest BCUT2D eigenvalue weighted by molar-refractivity contribution is 0.449. The summed E-state index contributed by atoms with van der Waals surface area (Å²) in [6, 6.07) is 4.23.